The van der Waals surface area contributed by atoms with E-state index in [0.29, 0.717) is 12.1 Å². The van der Waals surface area contributed by atoms with Crippen LogP contribution in [0.15, 0.2) is 0 Å². The molecule has 0 aromatic carbocycles. The van der Waals surface area contributed by atoms with Gasteiger partial charge in [0.05, 0.1) is 6.10 Å². The van der Waals surface area contributed by atoms with Crippen LogP contribution in [0.2, 0.25) is 0 Å². The zero-order valence-electron chi connectivity index (χ0n) is 12.8. The monoisotopic (exact) mass is 255 g/mol. The van der Waals surface area contributed by atoms with Crippen molar-refractivity contribution < 1.29 is 4.84 Å². The number of hydrogen-bond donors (Lipinski definition) is 0. The van der Waals surface area contributed by atoms with Crippen LogP contribution >= 0.6 is 0 Å². The van der Waals surface area contributed by atoms with Gasteiger partial charge in [-0.05, 0) is 26.7 Å². The molecular formula is C16H33NO. The molecule has 0 amide bonds. The van der Waals surface area contributed by atoms with Crippen molar-refractivity contribution in [3.05, 3.63) is 0 Å². The Balaban J connectivity index is 1.87. The summed E-state index contributed by atoms with van der Waals surface area (Å²) in [5.74, 6) is 0. The Morgan fingerprint density at radius 2 is 1.61 bits per heavy atom. The zero-order chi connectivity index (χ0) is 13.2. The fourth-order valence-corrected chi connectivity index (χ4v) is 2.65. The van der Waals surface area contributed by atoms with Crippen molar-refractivity contribution in [2.75, 3.05) is 6.54 Å². The molecule has 0 aliphatic carbocycles. The first kappa shape index (κ1) is 16.0. The molecule has 1 heterocycles. The van der Waals surface area contributed by atoms with E-state index in [2.05, 4.69) is 25.8 Å². The number of unbranched alkanes of at least 4 members (excludes halogenated alkanes) is 7. The summed E-state index contributed by atoms with van der Waals surface area (Å²) in [4.78, 5) is 5.92. The minimum absolute atomic E-state index is 0.507. The molecule has 0 aromatic rings. The first-order valence-electron chi connectivity index (χ1n) is 8.17. The van der Waals surface area contributed by atoms with Gasteiger partial charge in [0.15, 0.2) is 0 Å². The topological polar surface area (TPSA) is 12.5 Å². The summed E-state index contributed by atoms with van der Waals surface area (Å²) in [5.41, 5.74) is 0. The molecule has 1 fully saturated rings. The van der Waals surface area contributed by atoms with Crippen LogP contribution in [0.25, 0.3) is 0 Å². The van der Waals surface area contributed by atoms with Gasteiger partial charge >= 0.3 is 0 Å². The number of rotatable bonds is 10. The van der Waals surface area contributed by atoms with Crippen LogP contribution in [0.3, 0.4) is 0 Å². The molecule has 0 N–H and O–H groups in total. The number of hydroxylamine groups is 2. The van der Waals surface area contributed by atoms with E-state index >= 15 is 0 Å². The molecule has 1 aliphatic heterocycles. The van der Waals surface area contributed by atoms with Crippen LogP contribution in [-0.4, -0.2) is 23.8 Å². The van der Waals surface area contributed by atoms with Crippen LogP contribution in [0.5, 0.6) is 0 Å². The maximum atomic E-state index is 5.92. The quantitative estimate of drug-likeness (QED) is 0.513. The van der Waals surface area contributed by atoms with Crippen LogP contribution in [0.1, 0.15) is 85.0 Å². The van der Waals surface area contributed by atoms with Gasteiger partial charge in [-0.2, -0.15) is 5.06 Å². The van der Waals surface area contributed by atoms with Gasteiger partial charge in [-0.15, -0.1) is 0 Å². The van der Waals surface area contributed by atoms with Crippen molar-refractivity contribution in [3.8, 4) is 0 Å². The van der Waals surface area contributed by atoms with Crippen LogP contribution in [-0.2, 0) is 4.84 Å². The lowest BCUT2D eigenvalue weighted by Gasteiger charge is -2.19. The maximum absolute atomic E-state index is 5.92. The third-order valence-electron chi connectivity index (χ3n) is 3.91. The zero-order valence-corrected chi connectivity index (χ0v) is 12.8. The summed E-state index contributed by atoms with van der Waals surface area (Å²) in [6.45, 7) is 7.82. The van der Waals surface area contributed by atoms with Crippen molar-refractivity contribution in [1.82, 2.24) is 5.06 Å². The lowest BCUT2D eigenvalue weighted by atomic mass is 10.0. The number of nitrogens with zero attached hydrogens (tertiary/aromatic N) is 1. The largest absolute Gasteiger partial charge is 0.295 e. The normalized spacial score (nSPS) is 21.0. The van der Waals surface area contributed by atoms with Gasteiger partial charge in [0.1, 0.15) is 0 Å². The summed E-state index contributed by atoms with van der Waals surface area (Å²) in [6, 6.07) is 0.536. The van der Waals surface area contributed by atoms with Crippen molar-refractivity contribution in [2.24, 2.45) is 0 Å². The first-order valence-corrected chi connectivity index (χ1v) is 8.17. The van der Waals surface area contributed by atoms with Gasteiger partial charge in [0.25, 0.3) is 0 Å². The van der Waals surface area contributed by atoms with E-state index in [-0.39, 0.29) is 0 Å². The fourth-order valence-electron chi connectivity index (χ4n) is 2.65. The average molecular weight is 255 g/mol. The maximum Gasteiger partial charge on any atom is 0.0806 e. The minimum atomic E-state index is 0.507. The van der Waals surface area contributed by atoms with Gasteiger partial charge < -0.3 is 0 Å². The van der Waals surface area contributed by atoms with E-state index < -0.39 is 0 Å². The first-order chi connectivity index (χ1) is 8.74. The molecule has 0 spiro atoms. The molecule has 0 radical (unpaired) electrons. The molecule has 18 heavy (non-hydrogen) atoms. The molecule has 1 rings (SSSR count). The Hall–Kier alpha value is -0.0800. The second-order valence-corrected chi connectivity index (χ2v) is 6.01. The highest BCUT2D eigenvalue weighted by atomic mass is 16.7. The third-order valence-corrected chi connectivity index (χ3v) is 3.91. The molecule has 1 saturated heterocycles. The van der Waals surface area contributed by atoms with Crippen LogP contribution < -0.4 is 0 Å². The van der Waals surface area contributed by atoms with E-state index in [1.54, 1.807) is 0 Å². The highest BCUT2D eigenvalue weighted by Gasteiger charge is 2.24. The summed E-state index contributed by atoms with van der Waals surface area (Å²) >= 11 is 0. The van der Waals surface area contributed by atoms with E-state index in [1.807, 2.05) is 0 Å². The van der Waals surface area contributed by atoms with Crippen molar-refractivity contribution >= 4 is 0 Å². The molecule has 1 aliphatic rings. The summed E-state index contributed by atoms with van der Waals surface area (Å²) in [6.07, 6.45) is 14.2. The molecule has 0 aromatic heterocycles. The molecule has 0 saturated carbocycles. The predicted octanol–water partition coefficient (Wildman–Crippen LogP) is 4.93. The molecule has 2 heteroatoms. The van der Waals surface area contributed by atoms with Gasteiger partial charge in [-0.3, -0.25) is 4.84 Å². The lowest BCUT2D eigenvalue weighted by molar-refractivity contribution is -0.166. The Bertz CT molecular complexity index is 194. The van der Waals surface area contributed by atoms with Crippen molar-refractivity contribution in [2.45, 2.75) is 97.1 Å². The Morgan fingerprint density at radius 3 is 2.17 bits per heavy atom. The minimum Gasteiger partial charge on any atom is -0.295 e. The predicted molar refractivity (Wildman–Crippen MR) is 78.6 cm³/mol. The van der Waals surface area contributed by atoms with Crippen molar-refractivity contribution in [3.63, 3.8) is 0 Å². The Labute approximate surface area is 114 Å². The molecule has 108 valence electrons. The molecule has 0 bridgehead atoms. The SMILES string of the molecule is CCCCCCCCCCC1CCN(C(C)C)O1. The Morgan fingerprint density at radius 1 is 1.00 bits per heavy atom. The van der Waals surface area contributed by atoms with Gasteiger partial charge in [0, 0.05) is 12.6 Å². The van der Waals surface area contributed by atoms with E-state index in [1.165, 1.54) is 64.2 Å². The standard InChI is InChI=1S/C16H33NO/c1-4-5-6-7-8-9-10-11-12-16-13-14-17(18-16)15(2)3/h15-16H,4-14H2,1-3H3. The fraction of sp³-hybridized carbons (Fsp3) is 1.00. The molecule has 2 nitrogen and oxygen atoms in total. The second kappa shape index (κ2) is 9.80. The Kier molecular flexibility index (Phi) is 8.70. The van der Waals surface area contributed by atoms with E-state index in [0.717, 1.165) is 6.54 Å². The summed E-state index contributed by atoms with van der Waals surface area (Å²) < 4.78 is 0. The van der Waals surface area contributed by atoms with Gasteiger partial charge in [0.2, 0.25) is 0 Å². The lowest BCUT2D eigenvalue weighted by Crippen LogP contribution is -2.27. The molecular weight excluding hydrogens is 222 g/mol. The highest BCUT2D eigenvalue weighted by Crippen LogP contribution is 2.21. The van der Waals surface area contributed by atoms with Gasteiger partial charge in [-0.25, -0.2) is 0 Å². The van der Waals surface area contributed by atoms with E-state index in [4.69, 9.17) is 4.84 Å². The summed E-state index contributed by atoms with van der Waals surface area (Å²) in [5, 5.41) is 2.15. The van der Waals surface area contributed by atoms with Gasteiger partial charge in [-0.1, -0.05) is 58.3 Å². The average Bonchev–Trinajstić information content (AvgIpc) is 2.81. The molecule has 1 atom stereocenters. The second-order valence-electron chi connectivity index (χ2n) is 6.01. The number of hydrogen-bond acceptors (Lipinski definition) is 2. The van der Waals surface area contributed by atoms with E-state index in [9.17, 15) is 0 Å². The van der Waals surface area contributed by atoms with Crippen LogP contribution in [0.4, 0.5) is 0 Å². The summed E-state index contributed by atoms with van der Waals surface area (Å²) in [7, 11) is 0. The van der Waals surface area contributed by atoms with Crippen LogP contribution in [0, 0.1) is 0 Å². The van der Waals surface area contributed by atoms with Crippen molar-refractivity contribution in [1.29, 1.82) is 0 Å². The highest BCUT2D eigenvalue weighted by molar-refractivity contribution is 4.68. The molecule has 1 unspecified atom stereocenters. The smallest absolute Gasteiger partial charge is 0.0806 e. The third kappa shape index (κ3) is 6.75.